The third-order valence-corrected chi connectivity index (χ3v) is 4.75. The van der Waals surface area contributed by atoms with Crippen LogP contribution in [0.4, 0.5) is 5.82 Å². The Kier molecular flexibility index (Phi) is 3.64. The molecule has 1 aliphatic rings. The van der Waals surface area contributed by atoms with E-state index in [-0.39, 0.29) is 0 Å². The average molecular weight is 304 g/mol. The highest BCUT2D eigenvalue weighted by Gasteiger charge is 2.18. The summed E-state index contributed by atoms with van der Waals surface area (Å²) in [5.74, 6) is 0.776. The van der Waals surface area contributed by atoms with Crippen LogP contribution < -0.4 is 4.90 Å². The molecule has 5 heteroatoms. The van der Waals surface area contributed by atoms with Crippen LogP contribution in [-0.4, -0.2) is 12.0 Å². The molecule has 3 nitrogen and oxygen atoms in total. The Morgan fingerprint density at radius 2 is 2.30 bits per heavy atom. The second-order valence-electron chi connectivity index (χ2n) is 4.99. The highest BCUT2D eigenvalue weighted by Crippen LogP contribution is 2.28. The van der Waals surface area contributed by atoms with Gasteiger partial charge in [-0.05, 0) is 43.0 Å². The van der Waals surface area contributed by atoms with Crippen LogP contribution in [0.15, 0.2) is 18.2 Å². The SMILES string of the molecule is CN(Cc1ccc(Cl)s1)c1nc2c(cc1C#N)CCC2. The Morgan fingerprint density at radius 1 is 1.45 bits per heavy atom. The first-order valence-corrected chi connectivity index (χ1v) is 7.75. The van der Waals surface area contributed by atoms with Crippen LogP contribution in [0.2, 0.25) is 4.34 Å². The molecule has 1 aliphatic carbocycles. The van der Waals surface area contributed by atoms with Crippen LogP contribution in [0.1, 0.15) is 28.1 Å². The van der Waals surface area contributed by atoms with Crippen molar-refractivity contribution in [2.75, 3.05) is 11.9 Å². The van der Waals surface area contributed by atoms with E-state index in [0.29, 0.717) is 5.56 Å². The maximum atomic E-state index is 9.33. The predicted octanol–water partition coefficient (Wildman–Crippen LogP) is 3.79. The lowest BCUT2D eigenvalue weighted by atomic mass is 10.1. The van der Waals surface area contributed by atoms with Gasteiger partial charge in [-0.2, -0.15) is 5.26 Å². The topological polar surface area (TPSA) is 39.9 Å². The average Bonchev–Trinajstić information content (AvgIpc) is 3.05. The zero-order valence-electron chi connectivity index (χ0n) is 11.2. The number of thiophene rings is 1. The lowest BCUT2D eigenvalue weighted by molar-refractivity contribution is 0.878. The van der Waals surface area contributed by atoms with Gasteiger partial charge in [0.15, 0.2) is 0 Å². The number of pyridine rings is 1. The largest absolute Gasteiger partial charge is 0.353 e. The first-order valence-electron chi connectivity index (χ1n) is 6.55. The molecule has 0 radical (unpaired) electrons. The smallest absolute Gasteiger partial charge is 0.146 e. The monoisotopic (exact) mass is 303 g/mol. The van der Waals surface area contributed by atoms with E-state index < -0.39 is 0 Å². The summed E-state index contributed by atoms with van der Waals surface area (Å²) >= 11 is 7.52. The number of fused-ring (bicyclic) bond motifs is 1. The zero-order chi connectivity index (χ0) is 14.1. The Hall–Kier alpha value is -1.57. The van der Waals surface area contributed by atoms with E-state index in [1.165, 1.54) is 10.4 Å². The van der Waals surface area contributed by atoms with Crippen molar-refractivity contribution in [1.82, 2.24) is 4.98 Å². The van der Waals surface area contributed by atoms with Gasteiger partial charge >= 0.3 is 0 Å². The molecule has 20 heavy (non-hydrogen) atoms. The molecule has 0 bridgehead atoms. The van der Waals surface area contributed by atoms with Crippen molar-refractivity contribution >= 4 is 28.8 Å². The summed E-state index contributed by atoms with van der Waals surface area (Å²) in [5, 5.41) is 9.33. The first kappa shape index (κ1) is 13.4. The molecule has 2 heterocycles. The van der Waals surface area contributed by atoms with E-state index in [0.717, 1.165) is 41.7 Å². The fraction of sp³-hybridized carbons (Fsp3) is 0.333. The molecule has 0 aromatic carbocycles. The van der Waals surface area contributed by atoms with Crippen LogP contribution in [0.5, 0.6) is 0 Å². The number of aryl methyl sites for hydroxylation is 2. The van der Waals surface area contributed by atoms with Gasteiger partial charge in [-0.1, -0.05) is 11.6 Å². The highest BCUT2D eigenvalue weighted by atomic mass is 35.5. The summed E-state index contributed by atoms with van der Waals surface area (Å²) in [6.07, 6.45) is 3.20. The van der Waals surface area contributed by atoms with Gasteiger partial charge in [-0.25, -0.2) is 4.98 Å². The van der Waals surface area contributed by atoms with E-state index in [4.69, 9.17) is 16.6 Å². The van der Waals surface area contributed by atoms with Crippen molar-refractivity contribution in [3.05, 3.63) is 44.2 Å². The molecule has 0 unspecified atom stereocenters. The van der Waals surface area contributed by atoms with Crippen molar-refractivity contribution in [2.24, 2.45) is 0 Å². The van der Waals surface area contributed by atoms with E-state index in [1.54, 1.807) is 11.3 Å². The number of hydrogen-bond acceptors (Lipinski definition) is 4. The third kappa shape index (κ3) is 2.52. The van der Waals surface area contributed by atoms with Crippen LogP contribution >= 0.6 is 22.9 Å². The quantitative estimate of drug-likeness (QED) is 0.866. The fourth-order valence-corrected chi connectivity index (χ4v) is 3.72. The van der Waals surface area contributed by atoms with Gasteiger partial charge in [0.25, 0.3) is 0 Å². The Labute approximate surface area is 127 Å². The zero-order valence-corrected chi connectivity index (χ0v) is 12.8. The number of anilines is 1. The number of nitrogens with zero attached hydrogens (tertiary/aromatic N) is 3. The number of nitriles is 1. The maximum Gasteiger partial charge on any atom is 0.146 e. The second-order valence-corrected chi connectivity index (χ2v) is 6.79. The molecule has 3 rings (SSSR count). The summed E-state index contributed by atoms with van der Waals surface area (Å²) in [5.41, 5.74) is 3.05. The van der Waals surface area contributed by atoms with Gasteiger partial charge in [0.05, 0.1) is 16.4 Å². The van der Waals surface area contributed by atoms with Crippen LogP contribution in [-0.2, 0) is 19.4 Å². The van der Waals surface area contributed by atoms with E-state index in [1.807, 2.05) is 30.1 Å². The first-order chi connectivity index (χ1) is 9.67. The maximum absolute atomic E-state index is 9.33. The minimum absolute atomic E-state index is 0.663. The van der Waals surface area contributed by atoms with Gasteiger partial charge < -0.3 is 4.90 Å². The molecule has 0 aliphatic heterocycles. The van der Waals surface area contributed by atoms with Gasteiger partial charge in [-0.15, -0.1) is 11.3 Å². The Morgan fingerprint density at radius 3 is 3.00 bits per heavy atom. The minimum Gasteiger partial charge on any atom is -0.353 e. The highest BCUT2D eigenvalue weighted by molar-refractivity contribution is 7.16. The van der Waals surface area contributed by atoms with Crippen LogP contribution in [0, 0.1) is 11.3 Å². The standard InChI is InChI=1S/C15H14ClN3S/c1-19(9-12-5-6-14(16)20-12)15-11(8-17)7-10-3-2-4-13(10)18-15/h5-7H,2-4,9H2,1H3. The molecule has 0 fully saturated rings. The molecule has 2 aromatic heterocycles. The predicted molar refractivity (Wildman–Crippen MR) is 82.4 cm³/mol. The van der Waals surface area contributed by atoms with E-state index in [9.17, 15) is 5.26 Å². The molecule has 0 amide bonds. The summed E-state index contributed by atoms with van der Waals surface area (Å²) in [7, 11) is 1.97. The molecular formula is C15H14ClN3S. The molecule has 0 atom stereocenters. The summed E-state index contributed by atoms with van der Waals surface area (Å²) < 4.78 is 0.788. The molecular weight excluding hydrogens is 290 g/mol. The van der Waals surface area contributed by atoms with Gasteiger partial charge in [-0.3, -0.25) is 0 Å². The molecule has 0 saturated carbocycles. The molecule has 0 N–H and O–H groups in total. The van der Waals surface area contributed by atoms with Crippen molar-refractivity contribution in [3.63, 3.8) is 0 Å². The fourth-order valence-electron chi connectivity index (χ4n) is 2.58. The van der Waals surface area contributed by atoms with E-state index in [2.05, 4.69) is 6.07 Å². The van der Waals surface area contributed by atoms with Gasteiger partial charge in [0.1, 0.15) is 11.9 Å². The molecule has 2 aromatic rings. The summed E-state index contributed by atoms with van der Waals surface area (Å²) in [6, 6.07) is 8.19. The van der Waals surface area contributed by atoms with Gasteiger partial charge in [0, 0.05) is 17.6 Å². The summed E-state index contributed by atoms with van der Waals surface area (Å²) in [4.78, 5) is 7.90. The van der Waals surface area contributed by atoms with Crippen LogP contribution in [0.3, 0.4) is 0 Å². The Bertz CT molecular complexity index is 687. The lowest BCUT2D eigenvalue weighted by Crippen LogP contribution is -2.19. The Balaban J connectivity index is 1.91. The molecule has 102 valence electrons. The van der Waals surface area contributed by atoms with Gasteiger partial charge in [0.2, 0.25) is 0 Å². The van der Waals surface area contributed by atoms with E-state index >= 15 is 0 Å². The molecule has 0 saturated heterocycles. The number of halogens is 1. The van der Waals surface area contributed by atoms with Crippen LogP contribution in [0.25, 0.3) is 0 Å². The minimum atomic E-state index is 0.663. The normalized spacial score (nSPS) is 13.1. The number of rotatable bonds is 3. The number of aromatic nitrogens is 1. The van der Waals surface area contributed by atoms with Crippen molar-refractivity contribution in [3.8, 4) is 6.07 Å². The number of hydrogen-bond donors (Lipinski definition) is 0. The summed E-state index contributed by atoms with van der Waals surface area (Å²) in [6.45, 7) is 0.720. The third-order valence-electron chi connectivity index (χ3n) is 3.53. The van der Waals surface area contributed by atoms with Crippen molar-refractivity contribution in [1.29, 1.82) is 5.26 Å². The lowest BCUT2D eigenvalue weighted by Gasteiger charge is -2.19. The van der Waals surface area contributed by atoms with Crippen molar-refractivity contribution < 1.29 is 0 Å². The second kappa shape index (κ2) is 5.43. The van der Waals surface area contributed by atoms with Crippen molar-refractivity contribution in [2.45, 2.75) is 25.8 Å². The molecule has 0 spiro atoms.